The van der Waals surface area contributed by atoms with E-state index in [1.54, 1.807) is 17.5 Å². The highest BCUT2D eigenvalue weighted by Crippen LogP contribution is 2.43. The van der Waals surface area contributed by atoms with Gasteiger partial charge in [0.15, 0.2) is 0 Å². The molecule has 0 spiro atoms. The van der Waals surface area contributed by atoms with Crippen LogP contribution in [0.2, 0.25) is 0 Å². The van der Waals surface area contributed by atoms with Crippen molar-refractivity contribution in [2.24, 2.45) is 5.92 Å². The molecule has 5 N–H and O–H groups in total. The molecule has 0 unspecified atom stereocenters. The zero-order valence-corrected chi connectivity index (χ0v) is 11.6. The summed E-state index contributed by atoms with van der Waals surface area (Å²) in [4.78, 5) is 9.62. The van der Waals surface area contributed by atoms with Crippen molar-refractivity contribution < 1.29 is 0 Å². The van der Waals surface area contributed by atoms with Gasteiger partial charge in [0.05, 0.1) is 20.8 Å². The van der Waals surface area contributed by atoms with Gasteiger partial charge < -0.3 is 11.5 Å². The molecule has 0 radical (unpaired) electrons. The molecular formula is C13H14N6S. The third-order valence-electron chi connectivity index (χ3n) is 3.61. The molecule has 6 nitrogen and oxygen atoms in total. The van der Waals surface area contributed by atoms with E-state index >= 15 is 0 Å². The maximum absolute atomic E-state index is 5.99. The van der Waals surface area contributed by atoms with E-state index in [-0.39, 0.29) is 5.95 Å². The molecule has 3 aromatic rings. The van der Waals surface area contributed by atoms with Gasteiger partial charge in [-0.3, -0.25) is 5.10 Å². The SMILES string of the molecule is Nc1nc(N)c2sc(-c3ccn[nH]3)c(CC3CC3)c2n1. The van der Waals surface area contributed by atoms with Crippen LogP contribution in [0.25, 0.3) is 20.8 Å². The number of nitrogens with zero attached hydrogens (tertiary/aromatic N) is 3. The van der Waals surface area contributed by atoms with Crippen molar-refractivity contribution in [2.45, 2.75) is 19.3 Å². The van der Waals surface area contributed by atoms with Crippen LogP contribution >= 0.6 is 11.3 Å². The van der Waals surface area contributed by atoms with Crippen molar-refractivity contribution in [3.05, 3.63) is 17.8 Å². The molecule has 7 heteroatoms. The van der Waals surface area contributed by atoms with E-state index in [1.807, 2.05) is 6.07 Å². The van der Waals surface area contributed by atoms with E-state index in [4.69, 9.17) is 11.5 Å². The molecule has 20 heavy (non-hydrogen) atoms. The number of nitrogen functional groups attached to an aromatic ring is 2. The lowest BCUT2D eigenvalue weighted by Crippen LogP contribution is -2.00. The van der Waals surface area contributed by atoms with Crippen LogP contribution in [-0.2, 0) is 6.42 Å². The first-order valence-electron chi connectivity index (χ1n) is 6.56. The Hall–Kier alpha value is -2.15. The van der Waals surface area contributed by atoms with Crippen molar-refractivity contribution >= 4 is 33.3 Å². The van der Waals surface area contributed by atoms with Crippen LogP contribution in [0.3, 0.4) is 0 Å². The molecule has 0 atom stereocenters. The minimum absolute atomic E-state index is 0.237. The molecule has 4 rings (SSSR count). The highest BCUT2D eigenvalue weighted by Gasteiger charge is 2.27. The molecule has 0 aliphatic heterocycles. The minimum atomic E-state index is 0.237. The van der Waals surface area contributed by atoms with Gasteiger partial charge in [0.25, 0.3) is 0 Å². The van der Waals surface area contributed by atoms with Crippen molar-refractivity contribution in [3.63, 3.8) is 0 Å². The number of rotatable bonds is 3. The van der Waals surface area contributed by atoms with Crippen molar-refractivity contribution in [1.82, 2.24) is 20.2 Å². The van der Waals surface area contributed by atoms with E-state index in [0.717, 1.165) is 33.1 Å². The molecule has 3 aromatic heterocycles. The Balaban J connectivity index is 1.99. The molecule has 0 aromatic carbocycles. The average Bonchev–Trinajstić information content (AvgIpc) is 2.93. The quantitative estimate of drug-likeness (QED) is 0.684. The van der Waals surface area contributed by atoms with E-state index in [0.29, 0.717) is 5.82 Å². The Labute approximate surface area is 119 Å². The second-order valence-corrected chi connectivity index (χ2v) is 6.19. The smallest absolute Gasteiger partial charge is 0.222 e. The monoisotopic (exact) mass is 286 g/mol. The molecule has 3 heterocycles. The number of thiophene rings is 1. The van der Waals surface area contributed by atoms with E-state index in [9.17, 15) is 0 Å². The van der Waals surface area contributed by atoms with Gasteiger partial charge in [-0.1, -0.05) is 0 Å². The zero-order valence-electron chi connectivity index (χ0n) is 10.8. The summed E-state index contributed by atoms with van der Waals surface area (Å²) in [5.74, 6) is 1.45. The predicted molar refractivity (Wildman–Crippen MR) is 80.2 cm³/mol. The van der Waals surface area contributed by atoms with E-state index in [2.05, 4.69) is 20.2 Å². The number of anilines is 2. The van der Waals surface area contributed by atoms with Crippen LogP contribution in [0.1, 0.15) is 18.4 Å². The van der Waals surface area contributed by atoms with E-state index < -0.39 is 0 Å². The van der Waals surface area contributed by atoms with Crippen LogP contribution in [0.15, 0.2) is 12.3 Å². The number of hydrogen-bond acceptors (Lipinski definition) is 6. The topological polar surface area (TPSA) is 106 Å². The fraction of sp³-hybridized carbons (Fsp3) is 0.308. The zero-order chi connectivity index (χ0) is 13.7. The normalized spacial score (nSPS) is 15.0. The minimum Gasteiger partial charge on any atom is -0.382 e. The lowest BCUT2D eigenvalue weighted by atomic mass is 10.1. The predicted octanol–water partition coefficient (Wildman–Crippen LogP) is 2.20. The molecule has 1 fully saturated rings. The summed E-state index contributed by atoms with van der Waals surface area (Å²) in [5.41, 5.74) is 14.9. The van der Waals surface area contributed by atoms with Gasteiger partial charge in [-0.15, -0.1) is 11.3 Å². The summed E-state index contributed by atoms with van der Waals surface area (Å²) in [7, 11) is 0. The number of aromatic amines is 1. The lowest BCUT2D eigenvalue weighted by molar-refractivity contribution is 0.839. The second-order valence-electron chi connectivity index (χ2n) is 5.17. The van der Waals surface area contributed by atoms with Gasteiger partial charge in [-0.25, -0.2) is 4.98 Å². The van der Waals surface area contributed by atoms with Gasteiger partial charge in [0, 0.05) is 6.20 Å². The molecule has 1 saturated carbocycles. The maximum Gasteiger partial charge on any atom is 0.222 e. The molecule has 0 bridgehead atoms. The van der Waals surface area contributed by atoms with Crippen LogP contribution in [0, 0.1) is 5.92 Å². The number of H-pyrrole nitrogens is 1. The number of hydrogen-bond donors (Lipinski definition) is 3. The Morgan fingerprint density at radius 1 is 1.30 bits per heavy atom. The summed E-state index contributed by atoms with van der Waals surface area (Å²) in [5, 5.41) is 7.06. The van der Waals surface area contributed by atoms with Gasteiger partial charge in [-0.2, -0.15) is 10.1 Å². The largest absolute Gasteiger partial charge is 0.382 e. The van der Waals surface area contributed by atoms with Gasteiger partial charge in [0.1, 0.15) is 5.82 Å². The highest BCUT2D eigenvalue weighted by molar-refractivity contribution is 7.23. The van der Waals surface area contributed by atoms with Crippen molar-refractivity contribution in [3.8, 4) is 10.6 Å². The molecule has 0 saturated heterocycles. The molecule has 1 aliphatic rings. The van der Waals surface area contributed by atoms with Gasteiger partial charge in [-0.05, 0) is 36.8 Å². The summed E-state index contributed by atoms with van der Waals surface area (Å²) < 4.78 is 0.916. The van der Waals surface area contributed by atoms with Gasteiger partial charge in [0.2, 0.25) is 5.95 Å². The Bertz CT molecular complexity index is 772. The number of nitrogens with two attached hydrogens (primary N) is 2. The maximum atomic E-state index is 5.99. The third kappa shape index (κ3) is 1.82. The first-order valence-corrected chi connectivity index (χ1v) is 7.38. The fourth-order valence-electron chi connectivity index (χ4n) is 2.46. The number of nitrogens with one attached hydrogen (secondary N) is 1. The number of fused-ring (bicyclic) bond motifs is 1. The summed E-state index contributed by atoms with van der Waals surface area (Å²) in [6, 6.07) is 1.97. The fourth-order valence-corrected chi connectivity index (χ4v) is 3.61. The summed E-state index contributed by atoms with van der Waals surface area (Å²) >= 11 is 1.61. The Morgan fingerprint density at radius 3 is 2.85 bits per heavy atom. The molecule has 1 aliphatic carbocycles. The summed E-state index contributed by atoms with van der Waals surface area (Å²) in [6.07, 6.45) is 5.35. The van der Waals surface area contributed by atoms with Crippen LogP contribution < -0.4 is 11.5 Å². The summed E-state index contributed by atoms with van der Waals surface area (Å²) in [6.45, 7) is 0. The van der Waals surface area contributed by atoms with Crippen LogP contribution in [0.5, 0.6) is 0 Å². The first kappa shape index (κ1) is 11.7. The van der Waals surface area contributed by atoms with Crippen molar-refractivity contribution in [2.75, 3.05) is 11.5 Å². The first-order chi connectivity index (χ1) is 9.72. The Morgan fingerprint density at radius 2 is 2.15 bits per heavy atom. The molecular weight excluding hydrogens is 272 g/mol. The molecule has 0 amide bonds. The second kappa shape index (κ2) is 4.17. The van der Waals surface area contributed by atoms with Gasteiger partial charge >= 0.3 is 0 Å². The Kier molecular flexibility index (Phi) is 2.43. The van der Waals surface area contributed by atoms with Crippen LogP contribution in [0.4, 0.5) is 11.8 Å². The van der Waals surface area contributed by atoms with E-state index in [1.165, 1.54) is 18.4 Å². The lowest BCUT2D eigenvalue weighted by Gasteiger charge is -2.02. The average molecular weight is 286 g/mol. The van der Waals surface area contributed by atoms with Crippen molar-refractivity contribution in [1.29, 1.82) is 0 Å². The third-order valence-corrected chi connectivity index (χ3v) is 4.89. The van der Waals surface area contributed by atoms with Crippen LogP contribution in [-0.4, -0.2) is 20.2 Å². The molecule has 102 valence electrons. The highest BCUT2D eigenvalue weighted by atomic mass is 32.1. The number of aromatic nitrogens is 4. The standard InChI is InChI=1S/C13H14N6S/c14-12-11-9(17-13(15)18-12)7(5-6-1-2-6)10(20-11)8-3-4-16-19-8/h3-4,6H,1-2,5H2,(H,16,19)(H4,14,15,17,18).